The molecular formula is C21H21F3N4O5S. The van der Waals surface area contributed by atoms with E-state index in [0.29, 0.717) is 36.1 Å². The normalized spacial score (nSPS) is 15.3. The average Bonchev–Trinajstić information content (AvgIpc) is 3.34. The molecule has 0 aliphatic carbocycles. The minimum Gasteiger partial charge on any atom is -0.475 e. The first-order chi connectivity index (χ1) is 16.2. The second-order valence-corrected chi connectivity index (χ2v) is 8.13. The molecule has 0 saturated carbocycles. The van der Waals surface area contributed by atoms with Crippen molar-refractivity contribution in [3.63, 3.8) is 0 Å². The second-order valence-electron chi connectivity index (χ2n) is 7.15. The number of alkyl halides is 3. The number of hydrogen-bond donors (Lipinski definition) is 3. The number of morpholine rings is 1. The highest BCUT2D eigenvalue weighted by Gasteiger charge is 2.38. The van der Waals surface area contributed by atoms with Crippen LogP contribution in [0.25, 0.3) is 10.8 Å². The van der Waals surface area contributed by atoms with E-state index in [4.69, 9.17) is 14.6 Å². The van der Waals surface area contributed by atoms with Gasteiger partial charge in [0.25, 0.3) is 11.5 Å². The molecule has 1 fully saturated rings. The summed E-state index contributed by atoms with van der Waals surface area (Å²) in [6.45, 7) is 3.56. The number of aromatic amines is 1. The molecular weight excluding hydrogens is 477 g/mol. The van der Waals surface area contributed by atoms with Crippen molar-refractivity contribution in [1.82, 2.24) is 20.2 Å². The van der Waals surface area contributed by atoms with Crippen LogP contribution in [0.4, 0.5) is 13.2 Å². The lowest BCUT2D eigenvalue weighted by Gasteiger charge is -2.34. The van der Waals surface area contributed by atoms with E-state index < -0.39 is 12.1 Å². The maximum atomic E-state index is 12.8. The topological polar surface area (TPSA) is 125 Å². The third kappa shape index (κ3) is 6.40. The van der Waals surface area contributed by atoms with Crippen LogP contribution in [0.5, 0.6) is 0 Å². The van der Waals surface area contributed by atoms with E-state index in [1.165, 1.54) is 17.3 Å². The number of ether oxygens (including phenoxy) is 1. The molecule has 4 heterocycles. The van der Waals surface area contributed by atoms with Crippen molar-refractivity contribution < 1.29 is 32.6 Å². The van der Waals surface area contributed by atoms with Crippen LogP contribution < -0.4 is 10.9 Å². The van der Waals surface area contributed by atoms with Gasteiger partial charge in [0.2, 0.25) is 0 Å². The molecule has 3 aromatic heterocycles. The van der Waals surface area contributed by atoms with Crippen LogP contribution in [0.15, 0.2) is 47.0 Å². The first kappa shape index (κ1) is 25.3. The van der Waals surface area contributed by atoms with Crippen LogP contribution in [0.2, 0.25) is 0 Å². The number of thiophene rings is 1. The van der Waals surface area contributed by atoms with Gasteiger partial charge in [0.1, 0.15) is 0 Å². The Kier molecular flexibility index (Phi) is 8.36. The summed E-state index contributed by atoms with van der Waals surface area (Å²) in [5.41, 5.74) is 0.157. The number of carboxylic acid groups (broad SMARTS) is 1. The van der Waals surface area contributed by atoms with E-state index in [1.54, 1.807) is 23.6 Å². The molecule has 0 spiro atoms. The molecule has 1 saturated heterocycles. The lowest BCUT2D eigenvalue weighted by molar-refractivity contribution is -0.192. The Labute approximate surface area is 195 Å². The van der Waals surface area contributed by atoms with Gasteiger partial charge < -0.3 is 20.1 Å². The first-order valence-electron chi connectivity index (χ1n) is 10.1. The Hall–Kier alpha value is -3.29. The predicted molar refractivity (Wildman–Crippen MR) is 118 cm³/mol. The summed E-state index contributed by atoms with van der Waals surface area (Å²) in [5, 5.41) is 13.2. The molecule has 34 heavy (non-hydrogen) atoms. The summed E-state index contributed by atoms with van der Waals surface area (Å²) >= 11 is 1.69. The molecule has 182 valence electrons. The van der Waals surface area contributed by atoms with Crippen LogP contribution in [-0.2, 0) is 9.53 Å². The molecule has 4 rings (SSSR count). The monoisotopic (exact) mass is 498 g/mol. The summed E-state index contributed by atoms with van der Waals surface area (Å²) in [5.74, 6) is -2.99. The molecule has 0 aromatic carbocycles. The van der Waals surface area contributed by atoms with Crippen molar-refractivity contribution in [3.05, 3.63) is 63.0 Å². The highest BCUT2D eigenvalue weighted by Crippen LogP contribution is 2.25. The highest BCUT2D eigenvalue weighted by atomic mass is 32.1. The maximum Gasteiger partial charge on any atom is 0.490 e. The summed E-state index contributed by atoms with van der Waals surface area (Å²) in [6.07, 6.45) is -0.553. The Morgan fingerprint density at radius 1 is 1.24 bits per heavy atom. The van der Waals surface area contributed by atoms with Gasteiger partial charge in [-0.1, -0.05) is 6.07 Å². The highest BCUT2D eigenvalue weighted by molar-refractivity contribution is 7.10. The van der Waals surface area contributed by atoms with E-state index >= 15 is 0 Å². The number of aromatic nitrogens is 2. The Bertz CT molecular complexity index is 1180. The number of amides is 1. The van der Waals surface area contributed by atoms with Crippen LogP contribution in [0.3, 0.4) is 0 Å². The Morgan fingerprint density at radius 3 is 2.56 bits per heavy atom. The van der Waals surface area contributed by atoms with E-state index in [1.807, 2.05) is 11.4 Å². The molecule has 9 nitrogen and oxygen atoms in total. The quantitative estimate of drug-likeness (QED) is 0.494. The van der Waals surface area contributed by atoms with E-state index in [-0.39, 0.29) is 17.5 Å². The first-order valence-corrected chi connectivity index (χ1v) is 11.0. The summed E-state index contributed by atoms with van der Waals surface area (Å²) in [7, 11) is 0. The fraction of sp³-hybridized carbons (Fsp3) is 0.333. The summed E-state index contributed by atoms with van der Waals surface area (Å²) < 4.78 is 37.2. The smallest absolute Gasteiger partial charge is 0.475 e. The molecule has 3 N–H and O–H groups in total. The molecule has 0 radical (unpaired) electrons. The number of carbonyl (C=O) groups is 2. The van der Waals surface area contributed by atoms with Crippen molar-refractivity contribution in [1.29, 1.82) is 0 Å². The fourth-order valence-electron chi connectivity index (χ4n) is 3.35. The summed E-state index contributed by atoms with van der Waals surface area (Å²) in [4.78, 5) is 43.9. The van der Waals surface area contributed by atoms with E-state index in [2.05, 4.69) is 26.3 Å². The van der Waals surface area contributed by atoms with E-state index in [9.17, 15) is 22.8 Å². The molecule has 1 amide bonds. The predicted octanol–water partition coefficient (Wildman–Crippen LogP) is 2.42. The van der Waals surface area contributed by atoms with Crippen molar-refractivity contribution in [2.75, 3.05) is 32.8 Å². The van der Waals surface area contributed by atoms with E-state index in [0.717, 1.165) is 13.1 Å². The third-order valence-corrected chi connectivity index (χ3v) is 5.97. The number of fused-ring (bicyclic) bond motifs is 1. The molecule has 1 aliphatic rings. The number of pyridine rings is 2. The largest absolute Gasteiger partial charge is 0.490 e. The molecule has 1 atom stereocenters. The van der Waals surface area contributed by atoms with Crippen LogP contribution in [-0.4, -0.2) is 70.9 Å². The summed E-state index contributed by atoms with van der Waals surface area (Å²) in [6, 6.07) is 5.95. The molecule has 3 aromatic rings. The van der Waals surface area contributed by atoms with Gasteiger partial charge >= 0.3 is 12.1 Å². The zero-order valence-corrected chi connectivity index (χ0v) is 18.5. The van der Waals surface area contributed by atoms with Gasteiger partial charge in [-0.15, -0.1) is 11.3 Å². The van der Waals surface area contributed by atoms with Gasteiger partial charge in [0, 0.05) is 48.5 Å². The van der Waals surface area contributed by atoms with Crippen molar-refractivity contribution in [2.45, 2.75) is 12.2 Å². The van der Waals surface area contributed by atoms with Crippen molar-refractivity contribution in [2.24, 2.45) is 0 Å². The Balaban J connectivity index is 0.000000406. The standard InChI is InChI=1S/C19H20N4O3S.C2HF3O2/c24-18-14-10-20-11-15(13(14)3-4-21-18)19(25)22-12-16(17-2-1-9-27-17)23-5-7-26-8-6-23;3-2(4,5)1(6)7/h1-4,9-11,16H,5-8,12H2,(H,21,24)(H,22,25);(H,6,7). The molecule has 1 unspecified atom stereocenters. The van der Waals surface area contributed by atoms with Crippen molar-refractivity contribution >= 4 is 34.0 Å². The number of rotatable bonds is 5. The zero-order chi connectivity index (χ0) is 24.7. The second kappa shape index (κ2) is 11.2. The van der Waals surface area contributed by atoms with Crippen LogP contribution in [0, 0.1) is 0 Å². The number of H-pyrrole nitrogens is 1. The van der Waals surface area contributed by atoms with Crippen molar-refractivity contribution in [3.8, 4) is 0 Å². The van der Waals surface area contributed by atoms with Gasteiger partial charge in [0.05, 0.1) is 30.2 Å². The van der Waals surface area contributed by atoms with Gasteiger partial charge in [0.15, 0.2) is 0 Å². The fourth-order valence-corrected chi connectivity index (χ4v) is 4.22. The van der Waals surface area contributed by atoms with Gasteiger partial charge in [-0.3, -0.25) is 19.5 Å². The number of hydrogen-bond acceptors (Lipinski definition) is 7. The average molecular weight is 498 g/mol. The molecule has 0 bridgehead atoms. The number of nitrogens with zero attached hydrogens (tertiary/aromatic N) is 2. The number of nitrogens with one attached hydrogen (secondary N) is 2. The van der Waals surface area contributed by atoms with Gasteiger partial charge in [-0.25, -0.2) is 4.79 Å². The third-order valence-electron chi connectivity index (χ3n) is 5.00. The number of aliphatic carboxylic acids is 1. The van der Waals surface area contributed by atoms with Crippen LogP contribution >= 0.6 is 11.3 Å². The number of halogens is 3. The van der Waals surface area contributed by atoms with Crippen LogP contribution in [0.1, 0.15) is 21.3 Å². The lowest BCUT2D eigenvalue weighted by atomic mass is 10.1. The SMILES string of the molecule is O=C(NCC(c1cccs1)N1CCOCC1)c1cncc2c(=O)[nH]ccc12.O=C(O)C(F)(F)F. The maximum absolute atomic E-state index is 12.8. The lowest BCUT2D eigenvalue weighted by Crippen LogP contribution is -2.43. The number of carboxylic acids is 1. The van der Waals surface area contributed by atoms with Gasteiger partial charge in [-0.05, 0) is 17.5 Å². The Morgan fingerprint density at radius 2 is 1.94 bits per heavy atom. The minimum atomic E-state index is -5.08. The molecule has 1 aliphatic heterocycles. The molecule has 13 heteroatoms. The minimum absolute atomic E-state index is 0.101. The number of carbonyl (C=O) groups excluding carboxylic acids is 1. The zero-order valence-electron chi connectivity index (χ0n) is 17.7. The van der Waals surface area contributed by atoms with Gasteiger partial charge in [-0.2, -0.15) is 13.2 Å².